The second-order valence-electron chi connectivity index (χ2n) is 22.4. The number of hydrogen-bond acceptors (Lipinski definition) is 6. The van der Waals surface area contributed by atoms with Gasteiger partial charge in [0.2, 0.25) is 0 Å². The molecule has 0 saturated heterocycles. The molecule has 0 aliphatic carbocycles. The molecular formula is C68H126O6. The van der Waals surface area contributed by atoms with E-state index in [1.54, 1.807) is 0 Å². The predicted octanol–water partition coefficient (Wildman–Crippen LogP) is 22.4. The van der Waals surface area contributed by atoms with Gasteiger partial charge in [-0.1, -0.05) is 320 Å². The molecule has 0 aliphatic rings. The van der Waals surface area contributed by atoms with E-state index in [-0.39, 0.29) is 31.1 Å². The van der Waals surface area contributed by atoms with Crippen LogP contribution in [0, 0.1) is 0 Å². The van der Waals surface area contributed by atoms with E-state index in [1.807, 2.05) is 0 Å². The SMILES string of the molecule is CCCCCCC/C=C\C/C=C\C/C=C\CCCCCCCCC(=O)OC(COC(=O)CCCCCCCCC)COC(=O)CCCCCCCCCCCCCCCCCCCCCCCCCCCCCC. The van der Waals surface area contributed by atoms with E-state index in [4.69, 9.17) is 14.2 Å². The summed E-state index contributed by atoms with van der Waals surface area (Å²) in [5.74, 6) is -0.872. The molecule has 0 aliphatic heterocycles. The first-order valence-electron chi connectivity index (χ1n) is 33.0. The van der Waals surface area contributed by atoms with E-state index < -0.39 is 6.10 Å². The topological polar surface area (TPSA) is 78.9 Å². The summed E-state index contributed by atoms with van der Waals surface area (Å²) in [4.78, 5) is 38.1. The minimum atomic E-state index is -0.775. The first kappa shape index (κ1) is 71.6. The minimum Gasteiger partial charge on any atom is -0.462 e. The lowest BCUT2D eigenvalue weighted by Gasteiger charge is -2.18. The maximum atomic E-state index is 12.9. The fourth-order valence-corrected chi connectivity index (χ4v) is 9.92. The molecular weight excluding hydrogens is 913 g/mol. The van der Waals surface area contributed by atoms with Crippen LogP contribution < -0.4 is 0 Å². The van der Waals surface area contributed by atoms with Crippen molar-refractivity contribution in [2.45, 2.75) is 367 Å². The van der Waals surface area contributed by atoms with Gasteiger partial charge in [0.25, 0.3) is 0 Å². The Bertz CT molecular complexity index is 1240. The summed E-state index contributed by atoms with van der Waals surface area (Å²) in [6.45, 7) is 6.63. The van der Waals surface area contributed by atoms with Gasteiger partial charge in [-0.15, -0.1) is 0 Å². The van der Waals surface area contributed by atoms with Crippen molar-refractivity contribution in [2.24, 2.45) is 0 Å². The van der Waals surface area contributed by atoms with Crippen LogP contribution in [-0.2, 0) is 28.6 Å². The van der Waals surface area contributed by atoms with Crippen molar-refractivity contribution in [3.8, 4) is 0 Å². The highest BCUT2D eigenvalue weighted by Gasteiger charge is 2.19. The second kappa shape index (κ2) is 63.2. The van der Waals surface area contributed by atoms with Crippen molar-refractivity contribution in [1.29, 1.82) is 0 Å². The number of allylic oxidation sites excluding steroid dienone is 6. The molecule has 0 saturated carbocycles. The van der Waals surface area contributed by atoms with Crippen molar-refractivity contribution in [2.75, 3.05) is 13.2 Å². The van der Waals surface area contributed by atoms with Crippen LogP contribution in [0.1, 0.15) is 361 Å². The Hall–Kier alpha value is -2.37. The van der Waals surface area contributed by atoms with Crippen molar-refractivity contribution in [3.05, 3.63) is 36.5 Å². The third-order valence-electron chi connectivity index (χ3n) is 14.9. The molecule has 1 unspecified atom stereocenters. The molecule has 0 radical (unpaired) electrons. The van der Waals surface area contributed by atoms with Crippen LogP contribution in [0.25, 0.3) is 0 Å². The zero-order valence-corrected chi connectivity index (χ0v) is 49.9. The molecule has 0 amide bonds. The molecule has 6 heteroatoms. The second-order valence-corrected chi connectivity index (χ2v) is 22.4. The first-order chi connectivity index (χ1) is 36.5. The molecule has 0 heterocycles. The van der Waals surface area contributed by atoms with Gasteiger partial charge < -0.3 is 14.2 Å². The van der Waals surface area contributed by atoms with Gasteiger partial charge in [-0.2, -0.15) is 0 Å². The standard InChI is InChI=1S/C68H126O6/c1-4-7-10-13-16-18-20-22-24-26-28-30-31-32-33-34-35-36-38-39-41-43-45-47-49-52-55-58-61-67(70)73-64-65(63-72-66(69)60-57-54-51-15-12-9-6-3)74-68(71)62-59-56-53-50-48-46-44-42-40-37-29-27-25-23-21-19-17-14-11-8-5-2/h21,23,27,29,40,42,65H,4-20,22,24-26,28,30-39,41,43-64H2,1-3H3/b23-21-,29-27-,42-40-. The molecule has 74 heavy (non-hydrogen) atoms. The maximum absolute atomic E-state index is 12.9. The largest absolute Gasteiger partial charge is 0.462 e. The number of carbonyl (C=O) groups is 3. The Kier molecular flexibility index (Phi) is 61.1. The highest BCUT2D eigenvalue weighted by molar-refractivity contribution is 5.71. The quantitative estimate of drug-likeness (QED) is 0.0261. The minimum absolute atomic E-state index is 0.0732. The Balaban J connectivity index is 4.07. The molecule has 0 aromatic carbocycles. The summed E-state index contributed by atoms with van der Waals surface area (Å²) in [6, 6.07) is 0. The lowest BCUT2D eigenvalue weighted by atomic mass is 10.0. The lowest BCUT2D eigenvalue weighted by molar-refractivity contribution is -0.167. The van der Waals surface area contributed by atoms with Crippen LogP contribution in [0.3, 0.4) is 0 Å². The fourth-order valence-electron chi connectivity index (χ4n) is 9.92. The van der Waals surface area contributed by atoms with E-state index in [0.717, 1.165) is 77.0 Å². The number of ether oxygens (including phenoxy) is 3. The monoisotopic (exact) mass is 1040 g/mol. The van der Waals surface area contributed by atoms with Gasteiger partial charge in [0.15, 0.2) is 6.10 Å². The molecule has 0 N–H and O–H groups in total. The summed E-state index contributed by atoms with van der Waals surface area (Å²) < 4.78 is 16.8. The number of hydrogen-bond donors (Lipinski definition) is 0. The van der Waals surface area contributed by atoms with Gasteiger partial charge in [-0.3, -0.25) is 14.4 Å². The van der Waals surface area contributed by atoms with Gasteiger partial charge in [-0.25, -0.2) is 0 Å². The molecule has 0 fully saturated rings. The van der Waals surface area contributed by atoms with Crippen LogP contribution in [-0.4, -0.2) is 37.2 Å². The molecule has 0 aromatic rings. The Morgan fingerprint density at radius 2 is 0.486 bits per heavy atom. The van der Waals surface area contributed by atoms with Gasteiger partial charge in [0.1, 0.15) is 13.2 Å². The van der Waals surface area contributed by atoms with Gasteiger partial charge in [-0.05, 0) is 57.8 Å². The summed E-state index contributed by atoms with van der Waals surface area (Å²) in [5.41, 5.74) is 0. The summed E-state index contributed by atoms with van der Waals surface area (Å²) in [7, 11) is 0. The average Bonchev–Trinajstić information content (AvgIpc) is 3.40. The third-order valence-corrected chi connectivity index (χ3v) is 14.9. The number of esters is 3. The average molecular weight is 1040 g/mol. The van der Waals surface area contributed by atoms with Gasteiger partial charge in [0, 0.05) is 19.3 Å². The Morgan fingerprint density at radius 3 is 0.757 bits per heavy atom. The zero-order valence-electron chi connectivity index (χ0n) is 49.9. The van der Waals surface area contributed by atoms with Crippen LogP contribution in [0.4, 0.5) is 0 Å². The first-order valence-corrected chi connectivity index (χ1v) is 33.0. The lowest BCUT2D eigenvalue weighted by Crippen LogP contribution is -2.30. The van der Waals surface area contributed by atoms with Crippen molar-refractivity contribution >= 4 is 17.9 Å². The number of unbranched alkanes of at least 4 members (excludes halogenated alkanes) is 44. The Morgan fingerprint density at radius 1 is 0.270 bits per heavy atom. The van der Waals surface area contributed by atoms with E-state index in [0.29, 0.717) is 19.3 Å². The van der Waals surface area contributed by atoms with Crippen molar-refractivity contribution in [1.82, 2.24) is 0 Å². The zero-order chi connectivity index (χ0) is 53.6. The fraction of sp³-hybridized carbons (Fsp3) is 0.868. The highest BCUT2D eigenvalue weighted by Crippen LogP contribution is 2.18. The van der Waals surface area contributed by atoms with Gasteiger partial charge in [0.05, 0.1) is 0 Å². The molecule has 6 nitrogen and oxygen atoms in total. The molecule has 434 valence electrons. The summed E-state index contributed by atoms with van der Waals surface area (Å²) >= 11 is 0. The van der Waals surface area contributed by atoms with Crippen molar-refractivity contribution < 1.29 is 28.6 Å². The predicted molar refractivity (Wildman–Crippen MR) is 321 cm³/mol. The molecule has 1 atom stereocenters. The van der Waals surface area contributed by atoms with E-state index >= 15 is 0 Å². The van der Waals surface area contributed by atoms with E-state index in [9.17, 15) is 14.4 Å². The molecule has 0 bridgehead atoms. The van der Waals surface area contributed by atoms with Crippen molar-refractivity contribution in [3.63, 3.8) is 0 Å². The maximum Gasteiger partial charge on any atom is 0.306 e. The van der Waals surface area contributed by atoms with Crippen LogP contribution in [0.2, 0.25) is 0 Å². The van der Waals surface area contributed by atoms with Crippen LogP contribution >= 0.6 is 0 Å². The normalized spacial score (nSPS) is 12.2. The highest BCUT2D eigenvalue weighted by atomic mass is 16.6. The number of rotatable bonds is 61. The van der Waals surface area contributed by atoms with Gasteiger partial charge >= 0.3 is 17.9 Å². The summed E-state index contributed by atoms with van der Waals surface area (Å²) in [6.07, 6.45) is 77.7. The van der Waals surface area contributed by atoms with E-state index in [2.05, 4.69) is 57.2 Å². The molecule has 0 spiro atoms. The smallest absolute Gasteiger partial charge is 0.306 e. The van der Waals surface area contributed by atoms with E-state index in [1.165, 1.54) is 244 Å². The molecule has 0 rings (SSSR count). The molecule has 0 aromatic heterocycles. The van der Waals surface area contributed by atoms with Crippen LogP contribution in [0.15, 0.2) is 36.5 Å². The number of carbonyl (C=O) groups excluding carboxylic acids is 3. The Labute approximate surface area is 461 Å². The third kappa shape index (κ3) is 60.5. The summed E-state index contributed by atoms with van der Waals surface area (Å²) in [5, 5.41) is 0. The van der Waals surface area contributed by atoms with Crippen LogP contribution in [0.5, 0.6) is 0 Å².